The van der Waals surface area contributed by atoms with Crippen molar-refractivity contribution in [2.24, 2.45) is 11.8 Å². The molecular weight excluding hydrogens is 276 g/mol. The molecule has 4 heteroatoms. The Hall–Kier alpha value is -0.770. The number of hydrogen-bond donors (Lipinski definition) is 1. The zero-order chi connectivity index (χ0) is 16.6. The second-order valence-corrected chi connectivity index (χ2v) is 7.98. The maximum absolute atomic E-state index is 11.9. The van der Waals surface area contributed by atoms with E-state index in [2.05, 4.69) is 12.2 Å². The summed E-state index contributed by atoms with van der Waals surface area (Å²) in [5.74, 6) is 1.28. The maximum Gasteiger partial charge on any atom is 0.410 e. The molecule has 1 fully saturated rings. The molecule has 0 aliphatic heterocycles. The molecule has 1 aliphatic rings. The van der Waals surface area contributed by atoms with Crippen molar-refractivity contribution in [3.8, 4) is 0 Å². The summed E-state index contributed by atoms with van der Waals surface area (Å²) in [7, 11) is 1.82. The summed E-state index contributed by atoms with van der Waals surface area (Å²) in [6, 6.07) is 0. The van der Waals surface area contributed by atoms with Gasteiger partial charge in [0.25, 0.3) is 0 Å². The van der Waals surface area contributed by atoms with Crippen molar-refractivity contribution < 1.29 is 9.53 Å². The van der Waals surface area contributed by atoms with Gasteiger partial charge in [0.2, 0.25) is 0 Å². The van der Waals surface area contributed by atoms with Crippen LogP contribution in [0.4, 0.5) is 4.79 Å². The van der Waals surface area contributed by atoms with Crippen LogP contribution in [0.1, 0.15) is 66.2 Å². The highest BCUT2D eigenvalue weighted by molar-refractivity contribution is 5.67. The quantitative estimate of drug-likeness (QED) is 0.752. The predicted octanol–water partition coefficient (Wildman–Crippen LogP) is 4.05. The lowest BCUT2D eigenvalue weighted by Gasteiger charge is -2.26. The van der Waals surface area contributed by atoms with E-state index in [1.807, 2.05) is 27.8 Å². The van der Waals surface area contributed by atoms with E-state index < -0.39 is 5.60 Å². The van der Waals surface area contributed by atoms with Gasteiger partial charge in [-0.2, -0.15) is 0 Å². The molecular formula is C18H36N2O2. The Labute approximate surface area is 137 Å². The minimum absolute atomic E-state index is 0.233. The second-order valence-electron chi connectivity index (χ2n) is 7.98. The molecule has 0 saturated heterocycles. The molecule has 1 rings (SSSR count). The summed E-state index contributed by atoms with van der Waals surface area (Å²) >= 11 is 0. The number of carbonyl (C=O) groups is 1. The van der Waals surface area contributed by atoms with Crippen LogP contribution in [0.15, 0.2) is 0 Å². The van der Waals surface area contributed by atoms with Gasteiger partial charge in [0.1, 0.15) is 5.60 Å². The molecule has 22 heavy (non-hydrogen) atoms. The van der Waals surface area contributed by atoms with Crippen molar-refractivity contribution in [2.45, 2.75) is 71.8 Å². The van der Waals surface area contributed by atoms with Gasteiger partial charge in [-0.15, -0.1) is 0 Å². The Morgan fingerprint density at radius 2 is 1.82 bits per heavy atom. The smallest absolute Gasteiger partial charge is 0.410 e. The molecule has 0 spiro atoms. The van der Waals surface area contributed by atoms with Crippen molar-refractivity contribution in [3.63, 3.8) is 0 Å². The van der Waals surface area contributed by atoms with Crippen LogP contribution >= 0.6 is 0 Å². The minimum Gasteiger partial charge on any atom is -0.444 e. The fourth-order valence-electron chi connectivity index (χ4n) is 3.05. The molecule has 4 nitrogen and oxygen atoms in total. The Morgan fingerprint density at radius 1 is 1.23 bits per heavy atom. The first kappa shape index (κ1) is 19.3. The van der Waals surface area contributed by atoms with Gasteiger partial charge in [-0.05, 0) is 58.5 Å². The van der Waals surface area contributed by atoms with Crippen molar-refractivity contribution >= 4 is 6.09 Å². The van der Waals surface area contributed by atoms with Gasteiger partial charge in [0.05, 0.1) is 0 Å². The third-order valence-corrected chi connectivity index (χ3v) is 4.19. The number of amides is 1. The largest absolute Gasteiger partial charge is 0.444 e. The maximum atomic E-state index is 11.9. The van der Waals surface area contributed by atoms with Crippen LogP contribution in [0.2, 0.25) is 0 Å². The van der Waals surface area contributed by atoms with E-state index in [1.165, 1.54) is 38.5 Å². The zero-order valence-corrected chi connectivity index (χ0v) is 15.3. The Balaban J connectivity index is 2.19. The predicted molar refractivity (Wildman–Crippen MR) is 92.1 cm³/mol. The lowest BCUT2D eigenvalue weighted by molar-refractivity contribution is 0.0276. The zero-order valence-electron chi connectivity index (χ0n) is 15.3. The van der Waals surface area contributed by atoms with E-state index in [4.69, 9.17) is 4.74 Å². The number of hydrogen-bond acceptors (Lipinski definition) is 3. The van der Waals surface area contributed by atoms with E-state index in [9.17, 15) is 4.79 Å². The van der Waals surface area contributed by atoms with E-state index >= 15 is 0 Å². The van der Waals surface area contributed by atoms with E-state index in [0.29, 0.717) is 5.92 Å². The Morgan fingerprint density at radius 3 is 2.36 bits per heavy atom. The van der Waals surface area contributed by atoms with Gasteiger partial charge in [-0.1, -0.05) is 32.6 Å². The first-order valence-electron chi connectivity index (χ1n) is 8.93. The number of rotatable bonds is 6. The van der Waals surface area contributed by atoms with Crippen molar-refractivity contribution in [1.82, 2.24) is 10.2 Å². The van der Waals surface area contributed by atoms with Gasteiger partial charge in [0, 0.05) is 13.6 Å². The average Bonchev–Trinajstić information content (AvgIpc) is 2.65. The molecule has 1 amide bonds. The van der Waals surface area contributed by atoms with Gasteiger partial charge in [-0.25, -0.2) is 4.79 Å². The van der Waals surface area contributed by atoms with Crippen LogP contribution in [0.3, 0.4) is 0 Å². The van der Waals surface area contributed by atoms with Crippen LogP contribution in [-0.2, 0) is 4.74 Å². The molecule has 1 atom stereocenters. The van der Waals surface area contributed by atoms with Gasteiger partial charge in [-0.3, -0.25) is 0 Å². The highest BCUT2D eigenvalue weighted by Gasteiger charge is 2.20. The highest BCUT2D eigenvalue weighted by atomic mass is 16.6. The third kappa shape index (κ3) is 8.62. The molecule has 0 heterocycles. The number of nitrogens with zero attached hydrogens (tertiary/aromatic N) is 1. The summed E-state index contributed by atoms with van der Waals surface area (Å²) in [5, 5.41) is 3.60. The highest BCUT2D eigenvalue weighted by Crippen LogP contribution is 2.22. The monoisotopic (exact) mass is 312 g/mol. The van der Waals surface area contributed by atoms with E-state index in [-0.39, 0.29) is 6.09 Å². The van der Waals surface area contributed by atoms with Crippen molar-refractivity contribution in [3.05, 3.63) is 0 Å². The molecule has 1 unspecified atom stereocenters. The van der Waals surface area contributed by atoms with Crippen LogP contribution in [0.25, 0.3) is 0 Å². The van der Waals surface area contributed by atoms with Crippen molar-refractivity contribution in [1.29, 1.82) is 0 Å². The summed E-state index contributed by atoms with van der Waals surface area (Å²) in [6.07, 6.45) is 8.12. The average molecular weight is 312 g/mol. The van der Waals surface area contributed by atoms with Crippen LogP contribution in [-0.4, -0.2) is 43.3 Å². The fraction of sp³-hybridized carbons (Fsp3) is 0.944. The summed E-state index contributed by atoms with van der Waals surface area (Å²) in [6.45, 7) is 10.7. The van der Waals surface area contributed by atoms with Gasteiger partial charge >= 0.3 is 6.09 Å². The normalized spacial score (nSPS) is 18.6. The first-order chi connectivity index (χ1) is 10.3. The molecule has 0 bridgehead atoms. The second kappa shape index (κ2) is 9.39. The fourth-order valence-corrected chi connectivity index (χ4v) is 3.05. The first-order valence-corrected chi connectivity index (χ1v) is 8.93. The number of carbonyl (C=O) groups excluding carboxylic acids is 1. The number of nitrogens with one attached hydrogen (secondary N) is 1. The molecule has 0 aromatic rings. The summed E-state index contributed by atoms with van der Waals surface area (Å²) < 4.78 is 5.38. The Bertz CT molecular complexity index is 318. The molecule has 0 aromatic carbocycles. The Kier molecular flexibility index (Phi) is 8.23. The number of ether oxygens (including phenoxy) is 1. The summed E-state index contributed by atoms with van der Waals surface area (Å²) in [5.41, 5.74) is -0.424. The van der Waals surface area contributed by atoms with Crippen LogP contribution in [0.5, 0.6) is 0 Å². The minimum atomic E-state index is -0.424. The van der Waals surface area contributed by atoms with Crippen molar-refractivity contribution in [2.75, 3.05) is 26.7 Å². The third-order valence-electron chi connectivity index (χ3n) is 4.19. The van der Waals surface area contributed by atoms with Gasteiger partial charge < -0.3 is 15.0 Å². The molecule has 1 aliphatic carbocycles. The van der Waals surface area contributed by atoms with E-state index in [1.54, 1.807) is 4.90 Å². The van der Waals surface area contributed by atoms with E-state index in [0.717, 1.165) is 25.6 Å². The lowest BCUT2D eigenvalue weighted by Crippen LogP contribution is -2.39. The molecule has 0 aromatic heterocycles. The van der Waals surface area contributed by atoms with Crippen LogP contribution in [0, 0.1) is 11.8 Å². The molecule has 1 saturated carbocycles. The summed E-state index contributed by atoms with van der Waals surface area (Å²) in [4.78, 5) is 13.6. The lowest BCUT2D eigenvalue weighted by atomic mass is 10.0. The topological polar surface area (TPSA) is 41.6 Å². The standard InChI is InChI=1S/C18H36N2O2/c1-15(14-20(5)17(21)22-18(2,3)4)12-19-13-16-10-8-6-7-9-11-16/h15-16,19H,6-14H2,1-5H3. The SMILES string of the molecule is CC(CNCC1CCCCCC1)CN(C)C(=O)OC(C)(C)C. The molecule has 130 valence electrons. The molecule has 1 N–H and O–H groups in total. The molecule has 0 radical (unpaired) electrons. The van der Waals surface area contributed by atoms with Gasteiger partial charge in [0.15, 0.2) is 0 Å². The van der Waals surface area contributed by atoms with Crippen LogP contribution < -0.4 is 5.32 Å².